The van der Waals surface area contributed by atoms with Crippen LogP contribution in [0.2, 0.25) is 0 Å². The molecule has 0 spiro atoms. The summed E-state index contributed by atoms with van der Waals surface area (Å²) in [6.07, 6.45) is 0. The second-order valence-corrected chi connectivity index (χ2v) is 4.78. The third kappa shape index (κ3) is 2.00. The van der Waals surface area contributed by atoms with Crippen LogP contribution in [0.3, 0.4) is 0 Å². The SMILES string of the molecule is Oc1ccccc1-c1nc(-c2ccccc2)cs1. The molecule has 0 aliphatic heterocycles. The van der Waals surface area contributed by atoms with E-state index < -0.39 is 0 Å². The van der Waals surface area contributed by atoms with Crippen LogP contribution in [-0.4, -0.2) is 10.1 Å². The third-order valence-electron chi connectivity index (χ3n) is 2.71. The minimum Gasteiger partial charge on any atom is -0.507 e. The highest BCUT2D eigenvalue weighted by Gasteiger charge is 2.09. The molecule has 2 aromatic carbocycles. The molecule has 0 amide bonds. The van der Waals surface area contributed by atoms with Gasteiger partial charge in [-0.25, -0.2) is 4.98 Å². The van der Waals surface area contributed by atoms with Crippen LogP contribution in [0.1, 0.15) is 0 Å². The monoisotopic (exact) mass is 253 g/mol. The highest BCUT2D eigenvalue weighted by molar-refractivity contribution is 7.13. The van der Waals surface area contributed by atoms with E-state index in [1.54, 1.807) is 17.4 Å². The number of aromatic hydroxyl groups is 1. The van der Waals surface area contributed by atoms with Gasteiger partial charge in [-0.2, -0.15) is 0 Å². The highest BCUT2D eigenvalue weighted by atomic mass is 32.1. The molecule has 0 radical (unpaired) electrons. The van der Waals surface area contributed by atoms with Crippen LogP contribution in [0, 0.1) is 0 Å². The molecular weight excluding hydrogens is 242 g/mol. The van der Waals surface area contributed by atoms with Crippen LogP contribution in [-0.2, 0) is 0 Å². The topological polar surface area (TPSA) is 33.1 Å². The lowest BCUT2D eigenvalue weighted by Gasteiger charge is -1.99. The lowest BCUT2D eigenvalue weighted by atomic mass is 10.2. The van der Waals surface area contributed by atoms with Crippen LogP contribution >= 0.6 is 11.3 Å². The summed E-state index contributed by atoms with van der Waals surface area (Å²) >= 11 is 1.54. The maximum Gasteiger partial charge on any atom is 0.127 e. The van der Waals surface area contributed by atoms with Crippen molar-refractivity contribution in [1.29, 1.82) is 0 Å². The second-order valence-electron chi connectivity index (χ2n) is 3.92. The first-order valence-corrected chi connectivity index (χ1v) is 6.52. The summed E-state index contributed by atoms with van der Waals surface area (Å²) in [5, 5.41) is 12.7. The lowest BCUT2D eigenvalue weighted by molar-refractivity contribution is 0.477. The Morgan fingerprint density at radius 2 is 1.61 bits per heavy atom. The van der Waals surface area contributed by atoms with E-state index in [0.29, 0.717) is 0 Å². The molecule has 1 aromatic heterocycles. The van der Waals surface area contributed by atoms with E-state index >= 15 is 0 Å². The Balaban J connectivity index is 2.03. The molecule has 88 valence electrons. The van der Waals surface area contributed by atoms with E-state index in [1.165, 1.54) is 0 Å². The zero-order valence-corrected chi connectivity index (χ0v) is 10.4. The molecule has 0 saturated heterocycles. The molecule has 0 bridgehead atoms. The fraction of sp³-hybridized carbons (Fsp3) is 0. The lowest BCUT2D eigenvalue weighted by Crippen LogP contribution is -1.79. The summed E-state index contributed by atoms with van der Waals surface area (Å²) < 4.78 is 0. The minimum atomic E-state index is 0.270. The van der Waals surface area contributed by atoms with Crippen LogP contribution in [0.15, 0.2) is 60.0 Å². The first-order valence-electron chi connectivity index (χ1n) is 5.64. The standard InChI is InChI=1S/C15H11NOS/c17-14-9-5-4-8-12(14)15-16-13(10-18-15)11-6-2-1-3-7-11/h1-10,17H. The zero-order valence-electron chi connectivity index (χ0n) is 9.58. The fourth-order valence-electron chi connectivity index (χ4n) is 1.79. The first kappa shape index (κ1) is 11.0. The molecule has 0 unspecified atom stereocenters. The number of aromatic nitrogens is 1. The van der Waals surface area contributed by atoms with Gasteiger partial charge in [-0.3, -0.25) is 0 Å². The Kier molecular flexibility index (Phi) is 2.82. The Bertz CT molecular complexity index is 661. The van der Waals surface area contributed by atoms with Crippen molar-refractivity contribution in [3.8, 4) is 27.6 Å². The number of nitrogens with zero attached hydrogens (tertiary/aromatic N) is 1. The normalized spacial score (nSPS) is 10.4. The van der Waals surface area contributed by atoms with Crippen molar-refractivity contribution in [2.45, 2.75) is 0 Å². The van der Waals surface area contributed by atoms with Crippen molar-refractivity contribution in [2.75, 3.05) is 0 Å². The van der Waals surface area contributed by atoms with Crippen LogP contribution in [0.25, 0.3) is 21.8 Å². The van der Waals surface area contributed by atoms with Crippen molar-refractivity contribution < 1.29 is 5.11 Å². The van der Waals surface area contributed by atoms with Crippen LogP contribution in [0.4, 0.5) is 0 Å². The van der Waals surface area contributed by atoms with Gasteiger partial charge < -0.3 is 5.11 Å². The smallest absolute Gasteiger partial charge is 0.127 e. The van der Waals surface area contributed by atoms with Gasteiger partial charge in [0, 0.05) is 10.9 Å². The van der Waals surface area contributed by atoms with E-state index in [0.717, 1.165) is 21.8 Å². The summed E-state index contributed by atoms with van der Waals surface area (Å²) in [4.78, 5) is 4.57. The molecule has 0 atom stereocenters. The number of hydrogen-bond acceptors (Lipinski definition) is 3. The van der Waals surface area contributed by atoms with Crippen molar-refractivity contribution in [3.05, 3.63) is 60.0 Å². The Labute approximate surface area is 109 Å². The summed E-state index contributed by atoms with van der Waals surface area (Å²) in [6, 6.07) is 17.3. The molecule has 0 saturated carbocycles. The van der Waals surface area contributed by atoms with Gasteiger partial charge in [0.25, 0.3) is 0 Å². The Hall–Kier alpha value is -2.13. The van der Waals surface area contributed by atoms with Gasteiger partial charge in [0.1, 0.15) is 10.8 Å². The zero-order chi connectivity index (χ0) is 12.4. The maximum absolute atomic E-state index is 9.81. The van der Waals surface area contributed by atoms with Crippen molar-refractivity contribution >= 4 is 11.3 Å². The third-order valence-corrected chi connectivity index (χ3v) is 3.58. The van der Waals surface area contributed by atoms with Gasteiger partial charge >= 0.3 is 0 Å². The molecule has 3 aromatic rings. The second kappa shape index (κ2) is 4.63. The first-order chi connectivity index (χ1) is 8.84. The summed E-state index contributed by atoms with van der Waals surface area (Å²) in [5.74, 6) is 0.270. The number of benzene rings is 2. The molecule has 1 heterocycles. The van der Waals surface area contributed by atoms with Gasteiger partial charge in [-0.15, -0.1) is 11.3 Å². The molecule has 0 aliphatic rings. The number of hydrogen-bond donors (Lipinski definition) is 1. The van der Waals surface area contributed by atoms with Crippen molar-refractivity contribution in [2.24, 2.45) is 0 Å². The Morgan fingerprint density at radius 3 is 2.39 bits per heavy atom. The largest absolute Gasteiger partial charge is 0.507 e. The van der Waals surface area contributed by atoms with Gasteiger partial charge in [-0.1, -0.05) is 42.5 Å². The molecule has 18 heavy (non-hydrogen) atoms. The van der Waals surface area contributed by atoms with E-state index in [4.69, 9.17) is 0 Å². The number of thiazole rings is 1. The van der Waals surface area contributed by atoms with Gasteiger partial charge in [0.2, 0.25) is 0 Å². The molecule has 1 N–H and O–H groups in total. The maximum atomic E-state index is 9.81. The average Bonchev–Trinajstić information content (AvgIpc) is 2.90. The fourth-order valence-corrected chi connectivity index (χ4v) is 2.66. The van der Waals surface area contributed by atoms with Gasteiger partial charge in [0.05, 0.1) is 11.3 Å². The molecule has 3 heteroatoms. The van der Waals surface area contributed by atoms with Gasteiger partial charge in [0.15, 0.2) is 0 Å². The predicted octanol–water partition coefficient (Wildman–Crippen LogP) is 4.18. The van der Waals surface area contributed by atoms with Crippen LogP contribution < -0.4 is 0 Å². The number of rotatable bonds is 2. The number of phenols is 1. The van der Waals surface area contributed by atoms with E-state index in [-0.39, 0.29) is 5.75 Å². The molecule has 2 nitrogen and oxygen atoms in total. The predicted molar refractivity (Wildman–Crippen MR) is 74.7 cm³/mol. The summed E-state index contributed by atoms with van der Waals surface area (Å²) in [6.45, 7) is 0. The van der Waals surface area contributed by atoms with E-state index in [2.05, 4.69) is 4.98 Å². The van der Waals surface area contributed by atoms with Gasteiger partial charge in [-0.05, 0) is 12.1 Å². The highest BCUT2D eigenvalue weighted by Crippen LogP contribution is 2.33. The summed E-state index contributed by atoms with van der Waals surface area (Å²) in [5.41, 5.74) is 2.82. The Morgan fingerprint density at radius 1 is 0.889 bits per heavy atom. The summed E-state index contributed by atoms with van der Waals surface area (Å²) in [7, 11) is 0. The average molecular weight is 253 g/mol. The van der Waals surface area contributed by atoms with E-state index in [9.17, 15) is 5.11 Å². The quantitative estimate of drug-likeness (QED) is 0.743. The van der Waals surface area contributed by atoms with Crippen LogP contribution in [0.5, 0.6) is 5.75 Å². The molecule has 0 aliphatic carbocycles. The number of phenolic OH excluding ortho intramolecular Hbond substituents is 1. The minimum absolute atomic E-state index is 0.270. The van der Waals surface area contributed by atoms with Crippen molar-refractivity contribution in [1.82, 2.24) is 4.98 Å². The van der Waals surface area contributed by atoms with Crippen molar-refractivity contribution in [3.63, 3.8) is 0 Å². The number of para-hydroxylation sites is 1. The van der Waals surface area contributed by atoms with E-state index in [1.807, 2.05) is 53.9 Å². The molecule has 0 fully saturated rings. The molecule has 3 rings (SSSR count). The molecular formula is C15H11NOS.